The molecule has 0 aliphatic carbocycles. The quantitative estimate of drug-likeness (QED) is 0.788. The van der Waals surface area contributed by atoms with Crippen molar-refractivity contribution in [2.45, 2.75) is 12.8 Å². The first kappa shape index (κ1) is 18.6. The first-order valence-electron chi connectivity index (χ1n) is 8.76. The second-order valence-electron chi connectivity index (χ2n) is 6.67. The number of methoxy groups -OCH3 is 1. The lowest BCUT2D eigenvalue weighted by Crippen LogP contribution is -2.55. The van der Waals surface area contributed by atoms with E-state index >= 15 is 0 Å². The molecule has 8 heteroatoms. The summed E-state index contributed by atoms with van der Waals surface area (Å²) in [7, 11) is -1.81. The summed E-state index contributed by atoms with van der Waals surface area (Å²) in [4.78, 5) is 1.91. The highest BCUT2D eigenvalue weighted by molar-refractivity contribution is 7.86. The minimum atomic E-state index is -3.46. The van der Waals surface area contributed by atoms with Gasteiger partial charge in [-0.2, -0.15) is 17.0 Å². The second kappa shape index (κ2) is 7.99. The minimum absolute atomic E-state index is 0.258. The van der Waals surface area contributed by atoms with Crippen LogP contribution in [0.3, 0.4) is 0 Å². The van der Waals surface area contributed by atoms with Crippen LogP contribution in [0.25, 0.3) is 0 Å². The summed E-state index contributed by atoms with van der Waals surface area (Å²) in [6.45, 7) is 3.42. The molecule has 1 aromatic carbocycles. The molecule has 2 aliphatic heterocycles. The number of benzene rings is 1. The Hall–Kier alpha value is -1.22. The number of ether oxygens (including phenoxy) is 1. The Kier molecular flexibility index (Phi) is 5.93. The van der Waals surface area contributed by atoms with Crippen molar-refractivity contribution in [3.63, 3.8) is 0 Å². The zero-order valence-corrected chi connectivity index (χ0v) is 15.4. The molecule has 2 aliphatic rings. The molecule has 1 aromatic rings. The Morgan fingerprint density at radius 3 is 2.52 bits per heavy atom. The molecule has 0 radical (unpaired) electrons. The van der Waals surface area contributed by atoms with Crippen LogP contribution in [0, 0.1) is 11.7 Å². The normalized spacial score (nSPS) is 23.8. The van der Waals surface area contributed by atoms with E-state index in [-0.39, 0.29) is 11.7 Å². The third-order valence-electron chi connectivity index (χ3n) is 4.97. The predicted molar refractivity (Wildman–Crippen MR) is 95.3 cm³/mol. The summed E-state index contributed by atoms with van der Waals surface area (Å²) in [5.74, 6) is -0.00882. The molecule has 0 N–H and O–H groups in total. The molecule has 2 saturated heterocycles. The lowest BCUT2D eigenvalue weighted by atomic mass is 10.0. The van der Waals surface area contributed by atoms with Gasteiger partial charge in [-0.25, -0.2) is 4.39 Å². The standard InChI is InChI=1S/C17H26FN3O3S/c1-24-14-15-5-4-8-21(13-15)25(22,23)20-11-9-19(10-12-20)17-7-3-2-6-16(17)18/h2-3,6-7,15H,4-5,8-14H2,1H3. The fourth-order valence-electron chi connectivity index (χ4n) is 3.64. The average Bonchev–Trinajstić information content (AvgIpc) is 2.63. The average molecular weight is 371 g/mol. The smallest absolute Gasteiger partial charge is 0.282 e. The van der Waals surface area contributed by atoms with Gasteiger partial charge in [-0.1, -0.05) is 12.1 Å². The Morgan fingerprint density at radius 2 is 1.84 bits per heavy atom. The molecule has 0 aromatic heterocycles. The molecule has 0 bridgehead atoms. The number of rotatable bonds is 5. The van der Waals surface area contributed by atoms with Crippen LogP contribution in [0.15, 0.2) is 24.3 Å². The van der Waals surface area contributed by atoms with Crippen LogP contribution in [-0.2, 0) is 14.9 Å². The summed E-state index contributed by atoms with van der Waals surface area (Å²) in [5.41, 5.74) is 0.540. The van der Waals surface area contributed by atoms with E-state index in [9.17, 15) is 12.8 Å². The van der Waals surface area contributed by atoms with Crippen LogP contribution >= 0.6 is 0 Å². The summed E-state index contributed by atoms with van der Waals surface area (Å²) in [5, 5.41) is 0. The summed E-state index contributed by atoms with van der Waals surface area (Å²) in [6, 6.07) is 6.62. The fourth-order valence-corrected chi connectivity index (χ4v) is 5.35. The molecule has 6 nitrogen and oxygen atoms in total. The van der Waals surface area contributed by atoms with Gasteiger partial charge in [-0.15, -0.1) is 0 Å². The largest absolute Gasteiger partial charge is 0.384 e. The fraction of sp³-hybridized carbons (Fsp3) is 0.647. The van der Waals surface area contributed by atoms with E-state index in [1.165, 1.54) is 10.4 Å². The van der Waals surface area contributed by atoms with Crippen molar-refractivity contribution in [2.75, 3.05) is 57.9 Å². The van der Waals surface area contributed by atoms with Crippen LogP contribution in [-0.4, -0.2) is 70.0 Å². The molecule has 2 fully saturated rings. The molecule has 1 atom stereocenters. The van der Waals surface area contributed by atoms with Crippen LogP contribution < -0.4 is 4.90 Å². The van der Waals surface area contributed by atoms with Crippen molar-refractivity contribution in [1.29, 1.82) is 0 Å². The highest BCUT2D eigenvalue weighted by Gasteiger charge is 2.35. The molecule has 25 heavy (non-hydrogen) atoms. The lowest BCUT2D eigenvalue weighted by molar-refractivity contribution is 0.116. The van der Waals surface area contributed by atoms with Gasteiger partial charge in [0.25, 0.3) is 10.2 Å². The van der Waals surface area contributed by atoms with Gasteiger partial charge in [0.1, 0.15) is 5.82 Å². The number of para-hydroxylation sites is 1. The molecule has 3 rings (SSSR count). The third kappa shape index (κ3) is 4.13. The number of nitrogens with zero attached hydrogens (tertiary/aromatic N) is 3. The summed E-state index contributed by atoms with van der Waals surface area (Å²) < 4.78 is 48.1. The van der Waals surface area contributed by atoms with Gasteiger partial charge in [0.15, 0.2) is 0 Å². The van der Waals surface area contributed by atoms with Gasteiger partial charge in [0.2, 0.25) is 0 Å². The predicted octanol–water partition coefficient (Wildman–Crippen LogP) is 1.55. The molecule has 0 spiro atoms. The van der Waals surface area contributed by atoms with E-state index in [1.807, 2.05) is 4.90 Å². The van der Waals surface area contributed by atoms with Crippen molar-refractivity contribution in [2.24, 2.45) is 5.92 Å². The molecule has 140 valence electrons. The molecular formula is C17H26FN3O3S. The van der Waals surface area contributed by atoms with Gasteiger partial charge in [-0.3, -0.25) is 0 Å². The molecule has 0 amide bonds. The maximum Gasteiger partial charge on any atom is 0.282 e. The number of hydrogen-bond donors (Lipinski definition) is 0. The van der Waals surface area contributed by atoms with Gasteiger partial charge in [-0.05, 0) is 30.9 Å². The number of hydrogen-bond acceptors (Lipinski definition) is 4. The van der Waals surface area contributed by atoms with Gasteiger partial charge < -0.3 is 9.64 Å². The van der Waals surface area contributed by atoms with Crippen LogP contribution in [0.4, 0.5) is 10.1 Å². The van der Waals surface area contributed by atoms with Crippen molar-refractivity contribution >= 4 is 15.9 Å². The van der Waals surface area contributed by atoms with E-state index in [4.69, 9.17) is 4.74 Å². The highest BCUT2D eigenvalue weighted by atomic mass is 32.2. The van der Waals surface area contributed by atoms with Crippen LogP contribution in [0.5, 0.6) is 0 Å². The van der Waals surface area contributed by atoms with E-state index in [0.717, 1.165) is 12.8 Å². The number of halogens is 1. The molecule has 0 saturated carbocycles. The number of anilines is 1. The van der Waals surface area contributed by atoms with Crippen molar-refractivity contribution < 1.29 is 17.5 Å². The summed E-state index contributed by atoms with van der Waals surface area (Å²) in [6.07, 6.45) is 1.86. The Balaban J connectivity index is 1.62. The Morgan fingerprint density at radius 1 is 1.12 bits per heavy atom. The van der Waals surface area contributed by atoms with Crippen LogP contribution in [0.2, 0.25) is 0 Å². The van der Waals surface area contributed by atoms with Crippen molar-refractivity contribution in [3.8, 4) is 0 Å². The maximum absolute atomic E-state index is 13.9. The van der Waals surface area contributed by atoms with Gasteiger partial charge in [0.05, 0.1) is 12.3 Å². The Labute approximate surface area is 149 Å². The first-order chi connectivity index (χ1) is 12.0. The van der Waals surface area contributed by atoms with E-state index < -0.39 is 10.2 Å². The van der Waals surface area contributed by atoms with E-state index in [1.54, 1.807) is 29.6 Å². The maximum atomic E-state index is 13.9. The molecule has 1 unspecified atom stereocenters. The zero-order chi connectivity index (χ0) is 17.9. The van der Waals surface area contributed by atoms with Crippen LogP contribution in [0.1, 0.15) is 12.8 Å². The zero-order valence-electron chi connectivity index (χ0n) is 14.6. The van der Waals surface area contributed by atoms with E-state index in [2.05, 4.69) is 0 Å². The third-order valence-corrected chi connectivity index (χ3v) is 6.97. The van der Waals surface area contributed by atoms with Crippen molar-refractivity contribution in [3.05, 3.63) is 30.1 Å². The number of piperidine rings is 1. The topological polar surface area (TPSA) is 53.1 Å². The van der Waals surface area contributed by atoms with Gasteiger partial charge in [0, 0.05) is 46.4 Å². The lowest BCUT2D eigenvalue weighted by Gasteiger charge is -2.39. The second-order valence-corrected chi connectivity index (χ2v) is 8.60. The van der Waals surface area contributed by atoms with E-state index in [0.29, 0.717) is 51.6 Å². The van der Waals surface area contributed by atoms with Crippen molar-refractivity contribution in [1.82, 2.24) is 8.61 Å². The SMILES string of the molecule is COCC1CCCN(S(=O)(=O)N2CCN(c3ccccc3F)CC2)C1. The molecular weight excluding hydrogens is 345 g/mol. The highest BCUT2D eigenvalue weighted by Crippen LogP contribution is 2.24. The Bertz CT molecular complexity index is 675. The summed E-state index contributed by atoms with van der Waals surface area (Å²) >= 11 is 0. The molecule has 2 heterocycles. The minimum Gasteiger partial charge on any atom is -0.384 e. The monoisotopic (exact) mass is 371 g/mol. The first-order valence-corrected chi connectivity index (χ1v) is 10.2. The number of piperazine rings is 1. The van der Waals surface area contributed by atoms with Gasteiger partial charge >= 0.3 is 0 Å².